The topological polar surface area (TPSA) is 55.8 Å². The third-order valence-corrected chi connectivity index (χ3v) is 9.79. The minimum atomic E-state index is -0.0585. The summed E-state index contributed by atoms with van der Waals surface area (Å²) in [5, 5.41) is 0. The molecular weight excluding hydrogens is 606 g/mol. The van der Waals surface area contributed by atoms with Crippen LogP contribution in [-0.2, 0) is 19.1 Å². The van der Waals surface area contributed by atoms with E-state index >= 15 is 0 Å². The number of rotatable bonds is 35. The predicted octanol–water partition coefficient (Wildman–Crippen LogP) is 12.3. The number of carbonyl (C=O) groups is 2. The zero-order chi connectivity index (χ0) is 36.2. The van der Waals surface area contributed by atoms with Crippen LogP contribution in [0.1, 0.15) is 188 Å². The summed E-state index contributed by atoms with van der Waals surface area (Å²) in [6.07, 6.45) is 31.7. The lowest BCUT2D eigenvalue weighted by atomic mass is 9.90. The smallest absolute Gasteiger partial charge is 0.305 e. The predicted molar refractivity (Wildman–Crippen MR) is 209 cm³/mol. The Hall–Kier alpha value is -2.02. The molecular formula is C44H79NO4. The van der Waals surface area contributed by atoms with E-state index in [1.807, 2.05) is 6.08 Å². The first-order valence-corrected chi connectivity index (χ1v) is 20.6. The Morgan fingerprint density at radius 3 is 1.67 bits per heavy atom. The SMILES string of the molecule is C=C=C=C=CC(CCCCC)CCOC(=O)CCCCCCCC(CCCCCCCC(=O)OCCC(C)CCCCC)CCCN(C)C. The van der Waals surface area contributed by atoms with Gasteiger partial charge in [0.2, 0.25) is 0 Å². The van der Waals surface area contributed by atoms with Gasteiger partial charge in [-0.3, -0.25) is 9.59 Å². The molecule has 0 rings (SSSR count). The van der Waals surface area contributed by atoms with E-state index in [2.05, 4.69) is 63.5 Å². The van der Waals surface area contributed by atoms with Crippen molar-refractivity contribution in [1.82, 2.24) is 4.90 Å². The third kappa shape index (κ3) is 34.2. The highest BCUT2D eigenvalue weighted by atomic mass is 16.5. The molecule has 0 aliphatic carbocycles. The molecule has 0 spiro atoms. The number of nitrogens with zero attached hydrogens (tertiary/aromatic N) is 1. The number of carbonyl (C=O) groups excluding carboxylic acids is 2. The maximum Gasteiger partial charge on any atom is 0.305 e. The van der Waals surface area contributed by atoms with Crippen LogP contribution in [0.25, 0.3) is 0 Å². The van der Waals surface area contributed by atoms with Crippen molar-refractivity contribution in [2.24, 2.45) is 17.8 Å². The second kappa shape index (κ2) is 35.8. The molecule has 0 fully saturated rings. The Kier molecular flexibility index (Phi) is 34.3. The van der Waals surface area contributed by atoms with Crippen LogP contribution in [0.5, 0.6) is 0 Å². The van der Waals surface area contributed by atoms with Crippen molar-refractivity contribution in [2.75, 3.05) is 33.9 Å². The van der Waals surface area contributed by atoms with Crippen LogP contribution in [0.3, 0.4) is 0 Å². The van der Waals surface area contributed by atoms with Gasteiger partial charge in [0.25, 0.3) is 0 Å². The monoisotopic (exact) mass is 686 g/mol. The number of unbranched alkanes of at least 4 members (excludes halogenated alkanes) is 12. The summed E-state index contributed by atoms with van der Waals surface area (Å²) in [7, 11) is 4.33. The molecule has 5 heteroatoms. The van der Waals surface area contributed by atoms with Gasteiger partial charge in [-0.2, -0.15) is 0 Å². The average molecular weight is 686 g/mol. The van der Waals surface area contributed by atoms with Crippen molar-refractivity contribution in [2.45, 2.75) is 188 Å². The summed E-state index contributed by atoms with van der Waals surface area (Å²) in [5.74, 6) is 1.76. The molecule has 0 heterocycles. The summed E-state index contributed by atoms with van der Waals surface area (Å²) >= 11 is 0. The van der Waals surface area contributed by atoms with E-state index in [-0.39, 0.29) is 11.9 Å². The van der Waals surface area contributed by atoms with E-state index in [1.165, 1.54) is 116 Å². The van der Waals surface area contributed by atoms with E-state index in [9.17, 15) is 9.59 Å². The quantitative estimate of drug-likeness (QED) is 0.0377. The second-order valence-corrected chi connectivity index (χ2v) is 14.9. The second-order valence-electron chi connectivity index (χ2n) is 14.9. The van der Waals surface area contributed by atoms with Crippen molar-refractivity contribution in [1.29, 1.82) is 0 Å². The summed E-state index contributed by atoms with van der Waals surface area (Å²) < 4.78 is 11.0. The lowest BCUT2D eigenvalue weighted by Crippen LogP contribution is -2.14. The van der Waals surface area contributed by atoms with Gasteiger partial charge >= 0.3 is 11.9 Å². The number of ether oxygens (including phenoxy) is 2. The standard InChI is InChI=1S/C44H79NO4/c1-7-10-19-27-40(4)35-38-48-43(46)33-24-17-13-15-22-30-41(32-26-37-45(5)6)31-23-16-14-18-25-34-44(47)49-39-36-42(28-20-11-8-2)29-21-12-9-3/h28,40-42H,2,7,9-10,12-19,21-27,29-39H2,1,3-6H3. The summed E-state index contributed by atoms with van der Waals surface area (Å²) in [6.45, 7) is 12.5. The molecule has 0 aromatic rings. The van der Waals surface area contributed by atoms with Gasteiger partial charge in [-0.15, -0.1) is 0 Å². The summed E-state index contributed by atoms with van der Waals surface area (Å²) in [5.41, 5.74) is 8.40. The number of esters is 2. The van der Waals surface area contributed by atoms with Crippen molar-refractivity contribution in [3.05, 3.63) is 29.8 Å². The van der Waals surface area contributed by atoms with Crippen molar-refractivity contribution in [3.8, 4) is 0 Å². The Labute approximate surface area is 304 Å². The first-order chi connectivity index (χ1) is 23.8. The van der Waals surface area contributed by atoms with Gasteiger partial charge in [-0.05, 0) is 102 Å². The van der Waals surface area contributed by atoms with Crippen molar-refractivity contribution in [3.63, 3.8) is 0 Å². The molecule has 3 unspecified atom stereocenters. The highest BCUT2D eigenvalue weighted by Crippen LogP contribution is 2.24. The Morgan fingerprint density at radius 1 is 0.633 bits per heavy atom. The van der Waals surface area contributed by atoms with Gasteiger partial charge in [0, 0.05) is 12.8 Å². The van der Waals surface area contributed by atoms with E-state index in [4.69, 9.17) is 9.47 Å². The van der Waals surface area contributed by atoms with Crippen LogP contribution in [-0.4, -0.2) is 50.7 Å². The van der Waals surface area contributed by atoms with E-state index in [1.54, 1.807) is 0 Å². The molecule has 0 radical (unpaired) electrons. The fourth-order valence-electron chi connectivity index (χ4n) is 6.50. The van der Waals surface area contributed by atoms with Gasteiger partial charge < -0.3 is 14.4 Å². The molecule has 0 aliphatic heterocycles. The first kappa shape index (κ1) is 47.0. The fraction of sp³-hybridized carbons (Fsp3) is 0.841. The molecule has 3 atom stereocenters. The van der Waals surface area contributed by atoms with Gasteiger partial charge in [0.1, 0.15) is 0 Å². The minimum absolute atomic E-state index is 0.0111. The molecule has 0 aliphatic rings. The maximum absolute atomic E-state index is 12.3. The summed E-state index contributed by atoms with van der Waals surface area (Å²) in [4.78, 5) is 26.7. The Morgan fingerprint density at radius 2 is 1.12 bits per heavy atom. The number of hydrogen-bond acceptors (Lipinski definition) is 5. The molecule has 0 saturated heterocycles. The lowest BCUT2D eigenvalue weighted by molar-refractivity contribution is -0.145. The largest absolute Gasteiger partial charge is 0.466 e. The number of allylic oxidation sites excluding steroid dienone is 1. The Bertz CT molecular complexity index is 895. The zero-order valence-corrected chi connectivity index (χ0v) is 33.1. The van der Waals surface area contributed by atoms with Crippen LogP contribution in [0.15, 0.2) is 29.8 Å². The van der Waals surface area contributed by atoms with E-state index in [0.717, 1.165) is 50.9 Å². The minimum Gasteiger partial charge on any atom is -0.466 e. The molecule has 0 amide bonds. The van der Waals surface area contributed by atoms with Gasteiger partial charge in [0.05, 0.1) is 13.2 Å². The highest BCUT2D eigenvalue weighted by molar-refractivity contribution is 5.69. The van der Waals surface area contributed by atoms with Gasteiger partial charge in [-0.1, -0.05) is 141 Å². The molecule has 0 saturated carbocycles. The van der Waals surface area contributed by atoms with E-state index < -0.39 is 0 Å². The van der Waals surface area contributed by atoms with Crippen LogP contribution in [0.4, 0.5) is 0 Å². The lowest BCUT2D eigenvalue weighted by Gasteiger charge is -2.18. The molecule has 5 nitrogen and oxygen atoms in total. The maximum atomic E-state index is 12.3. The molecule has 0 aromatic carbocycles. The van der Waals surface area contributed by atoms with Crippen molar-refractivity contribution < 1.29 is 19.1 Å². The van der Waals surface area contributed by atoms with E-state index in [0.29, 0.717) is 37.9 Å². The average Bonchev–Trinajstić information content (AvgIpc) is 3.07. The zero-order valence-electron chi connectivity index (χ0n) is 33.1. The van der Waals surface area contributed by atoms with Gasteiger partial charge in [-0.25, -0.2) is 0 Å². The molecule has 0 aromatic heterocycles. The van der Waals surface area contributed by atoms with Crippen LogP contribution in [0, 0.1) is 17.8 Å². The molecule has 284 valence electrons. The van der Waals surface area contributed by atoms with Crippen LogP contribution >= 0.6 is 0 Å². The first-order valence-electron chi connectivity index (χ1n) is 20.6. The van der Waals surface area contributed by atoms with Crippen molar-refractivity contribution >= 4 is 11.9 Å². The normalized spacial score (nSPS) is 12.9. The van der Waals surface area contributed by atoms with Crippen LogP contribution < -0.4 is 0 Å². The van der Waals surface area contributed by atoms with Crippen LogP contribution in [0.2, 0.25) is 0 Å². The third-order valence-electron chi connectivity index (χ3n) is 9.79. The molecule has 0 N–H and O–H groups in total. The highest BCUT2D eigenvalue weighted by Gasteiger charge is 2.11. The molecule has 49 heavy (non-hydrogen) atoms. The molecule has 0 bridgehead atoms. The summed E-state index contributed by atoms with van der Waals surface area (Å²) in [6, 6.07) is 0. The fourth-order valence-corrected chi connectivity index (χ4v) is 6.50. The van der Waals surface area contributed by atoms with Gasteiger partial charge in [0.15, 0.2) is 0 Å². The number of hydrogen-bond donors (Lipinski definition) is 0. The Balaban J connectivity index is 4.08.